The summed E-state index contributed by atoms with van der Waals surface area (Å²) in [5.74, 6) is 0. The van der Waals surface area contributed by atoms with Gasteiger partial charge < -0.3 is 10.6 Å². The molecule has 3 rings (SSSR count). The summed E-state index contributed by atoms with van der Waals surface area (Å²) in [5.41, 5.74) is 7.14. The second-order valence-corrected chi connectivity index (χ2v) is 5.09. The van der Waals surface area contributed by atoms with E-state index in [9.17, 15) is 13.2 Å². The summed E-state index contributed by atoms with van der Waals surface area (Å²) >= 11 is 0. The molecule has 0 spiro atoms. The molecule has 2 atom stereocenters. The van der Waals surface area contributed by atoms with E-state index < -0.39 is 11.7 Å². The van der Waals surface area contributed by atoms with Gasteiger partial charge in [0, 0.05) is 11.7 Å². The SMILES string of the molecule is NC1CCC2CCc3cc(C(F)(F)F)ccc3N12. The first kappa shape index (κ1) is 11.8. The number of rotatable bonds is 0. The highest BCUT2D eigenvalue weighted by molar-refractivity contribution is 5.59. The molecule has 1 aromatic carbocycles. The molecular formula is C13H15F3N2. The molecule has 2 unspecified atom stereocenters. The monoisotopic (exact) mass is 256 g/mol. The Morgan fingerprint density at radius 3 is 2.67 bits per heavy atom. The van der Waals surface area contributed by atoms with E-state index in [0.29, 0.717) is 12.5 Å². The van der Waals surface area contributed by atoms with E-state index in [2.05, 4.69) is 4.90 Å². The Kier molecular flexibility index (Phi) is 2.55. The first-order valence-corrected chi connectivity index (χ1v) is 6.21. The number of benzene rings is 1. The van der Waals surface area contributed by atoms with E-state index >= 15 is 0 Å². The molecule has 2 aliphatic heterocycles. The maximum Gasteiger partial charge on any atom is 0.416 e. The zero-order valence-electron chi connectivity index (χ0n) is 9.87. The summed E-state index contributed by atoms with van der Waals surface area (Å²) in [4.78, 5) is 2.10. The van der Waals surface area contributed by atoms with Crippen LogP contribution in [0.25, 0.3) is 0 Å². The van der Waals surface area contributed by atoms with E-state index in [4.69, 9.17) is 5.73 Å². The maximum absolute atomic E-state index is 12.7. The Morgan fingerprint density at radius 2 is 1.94 bits per heavy atom. The van der Waals surface area contributed by atoms with Gasteiger partial charge in [-0.05, 0) is 49.4 Å². The van der Waals surface area contributed by atoms with E-state index in [1.165, 1.54) is 6.07 Å². The quantitative estimate of drug-likeness (QED) is 0.773. The molecule has 2 N–H and O–H groups in total. The van der Waals surface area contributed by atoms with Crippen molar-refractivity contribution in [2.45, 2.75) is 44.1 Å². The smallest absolute Gasteiger partial charge is 0.353 e. The van der Waals surface area contributed by atoms with E-state index in [1.807, 2.05) is 0 Å². The number of nitrogens with zero attached hydrogens (tertiary/aromatic N) is 1. The zero-order valence-corrected chi connectivity index (χ0v) is 9.87. The van der Waals surface area contributed by atoms with Gasteiger partial charge in [-0.25, -0.2) is 0 Å². The number of nitrogens with two attached hydrogens (primary N) is 1. The minimum Gasteiger partial charge on any atom is -0.353 e. The average molecular weight is 256 g/mol. The fourth-order valence-electron chi connectivity index (χ4n) is 3.11. The summed E-state index contributed by atoms with van der Waals surface area (Å²) in [6.45, 7) is 0. The first-order valence-electron chi connectivity index (χ1n) is 6.21. The lowest BCUT2D eigenvalue weighted by atomic mass is 9.95. The highest BCUT2D eigenvalue weighted by Gasteiger charge is 2.37. The zero-order chi connectivity index (χ0) is 12.9. The van der Waals surface area contributed by atoms with Crippen molar-refractivity contribution in [1.82, 2.24) is 0 Å². The normalized spacial score (nSPS) is 27.0. The minimum atomic E-state index is -4.26. The number of anilines is 1. The molecule has 0 aliphatic carbocycles. The van der Waals surface area contributed by atoms with Crippen molar-refractivity contribution in [3.8, 4) is 0 Å². The fraction of sp³-hybridized carbons (Fsp3) is 0.538. The van der Waals surface area contributed by atoms with Gasteiger partial charge in [0.1, 0.15) is 0 Å². The summed E-state index contributed by atoms with van der Waals surface area (Å²) in [6, 6.07) is 4.42. The van der Waals surface area contributed by atoms with Crippen molar-refractivity contribution in [1.29, 1.82) is 0 Å². The Bertz CT molecular complexity index is 470. The van der Waals surface area contributed by atoms with Crippen molar-refractivity contribution >= 4 is 5.69 Å². The van der Waals surface area contributed by atoms with Crippen molar-refractivity contribution < 1.29 is 13.2 Å². The molecule has 0 aromatic heterocycles. The van der Waals surface area contributed by atoms with Crippen molar-refractivity contribution in [3.05, 3.63) is 29.3 Å². The molecule has 1 saturated heterocycles. The third-order valence-electron chi connectivity index (χ3n) is 3.98. The minimum absolute atomic E-state index is 0.0502. The molecule has 18 heavy (non-hydrogen) atoms. The third kappa shape index (κ3) is 1.77. The van der Waals surface area contributed by atoms with Crippen LogP contribution in [-0.2, 0) is 12.6 Å². The molecule has 5 heteroatoms. The van der Waals surface area contributed by atoms with Gasteiger partial charge in [0.2, 0.25) is 0 Å². The van der Waals surface area contributed by atoms with Crippen molar-refractivity contribution in [2.24, 2.45) is 5.73 Å². The van der Waals surface area contributed by atoms with Crippen LogP contribution in [0.3, 0.4) is 0 Å². The van der Waals surface area contributed by atoms with Crippen LogP contribution in [0.2, 0.25) is 0 Å². The molecule has 1 fully saturated rings. The van der Waals surface area contributed by atoms with Gasteiger partial charge in [0.25, 0.3) is 0 Å². The molecule has 2 nitrogen and oxygen atoms in total. The molecule has 2 aliphatic rings. The summed E-state index contributed by atoms with van der Waals surface area (Å²) in [5, 5.41) is 0. The lowest BCUT2D eigenvalue weighted by Crippen LogP contribution is -2.44. The predicted octanol–water partition coefficient (Wildman–Crippen LogP) is 2.91. The number of hydrogen-bond donors (Lipinski definition) is 1. The maximum atomic E-state index is 12.7. The number of alkyl halides is 3. The number of fused-ring (bicyclic) bond motifs is 3. The molecule has 0 saturated carbocycles. The highest BCUT2D eigenvalue weighted by atomic mass is 19.4. The predicted molar refractivity (Wildman–Crippen MR) is 63.2 cm³/mol. The average Bonchev–Trinajstić information content (AvgIpc) is 2.69. The van der Waals surface area contributed by atoms with Gasteiger partial charge in [0.05, 0.1) is 11.7 Å². The van der Waals surface area contributed by atoms with Crippen LogP contribution < -0.4 is 10.6 Å². The Labute approximate surface area is 104 Å². The topological polar surface area (TPSA) is 29.3 Å². The Hall–Kier alpha value is -1.23. The third-order valence-corrected chi connectivity index (χ3v) is 3.98. The lowest BCUT2D eigenvalue weighted by Gasteiger charge is -2.36. The van der Waals surface area contributed by atoms with Crippen LogP contribution in [0.5, 0.6) is 0 Å². The number of aryl methyl sites for hydroxylation is 1. The van der Waals surface area contributed by atoms with Crippen LogP contribution in [0, 0.1) is 0 Å². The second kappa shape index (κ2) is 3.88. The van der Waals surface area contributed by atoms with Gasteiger partial charge in [-0.3, -0.25) is 0 Å². The van der Waals surface area contributed by atoms with E-state index in [0.717, 1.165) is 36.6 Å². The number of hydrogen-bond acceptors (Lipinski definition) is 2. The van der Waals surface area contributed by atoms with Crippen molar-refractivity contribution in [2.75, 3.05) is 4.90 Å². The van der Waals surface area contributed by atoms with Crippen LogP contribution >= 0.6 is 0 Å². The van der Waals surface area contributed by atoms with E-state index in [-0.39, 0.29) is 6.17 Å². The Balaban J connectivity index is 2.01. The lowest BCUT2D eigenvalue weighted by molar-refractivity contribution is -0.137. The molecule has 0 bridgehead atoms. The first-order chi connectivity index (χ1) is 8.47. The molecule has 1 aromatic rings. The van der Waals surface area contributed by atoms with Gasteiger partial charge in [-0.1, -0.05) is 0 Å². The molecule has 0 radical (unpaired) electrons. The van der Waals surface area contributed by atoms with Crippen LogP contribution in [0.1, 0.15) is 30.4 Å². The fourth-order valence-corrected chi connectivity index (χ4v) is 3.11. The van der Waals surface area contributed by atoms with Crippen LogP contribution in [-0.4, -0.2) is 12.2 Å². The Morgan fingerprint density at radius 1 is 1.17 bits per heavy atom. The molecule has 2 heterocycles. The van der Waals surface area contributed by atoms with Crippen LogP contribution in [0.15, 0.2) is 18.2 Å². The molecule has 0 amide bonds. The summed E-state index contributed by atoms with van der Waals surface area (Å²) in [7, 11) is 0. The number of halogens is 3. The van der Waals surface area contributed by atoms with E-state index in [1.54, 1.807) is 6.07 Å². The van der Waals surface area contributed by atoms with Crippen molar-refractivity contribution in [3.63, 3.8) is 0 Å². The molecular weight excluding hydrogens is 241 g/mol. The van der Waals surface area contributed by atoms with Crippen LogP contribution in [0.4, 0.5) is 18.9 Å². The summed E-state index contributed by atoms with van der Waals surface area (Å²) < 4.78 is 38.0. The molecule has 98 valence electrons. The van der Waals surface area contributed by atoms with Gasteiger partial charge in [-0.2, -0.15) is 13.2 Å². The largest absolute Gasteiger partial charge is 0.416 e. The van der Waals surface area contributed by atoms with Gasteiger partial charge in [0.15, 0.2) is 0 Å². The summed E-state index contributed by atoms with van der Waals surface area (Å²) in [6.07, 6.45) is -0.730. The standard InChI is InChI=1S/C13H15F3N2/c14-13(15,16)9-2-5-11-8(7-9)1-3-10-4-6-12(17)18(10)11/h2,5,7,10,12H,1,3-4,6,17H2. The second-order valence-electron chi connectivity index (χ2n) is 5.09. The van der Waals surface area contributed by atoms with Gasteiger partial charge in [-0.15, -0.1) is 0 Å². The van der Waals surface area contributed by atoms with Gasteiger partial charge >= 0.3 is 6.18 Å². The highest BCUT2D eigenvalue weighted by Crippen LogP contribution is 2.40.